The highest BCUT2D eigenvalue weighted by Crippen LogP contribution is 2.11. The van der Waals surface area contributed by atoms with Crippen molar-refractivity contribution in [3.8, 4) is 0 Å². The van der Waals surface area contributed by atoms with E-state index in [4.69, 9.17) is 0 Å². The van der Waals surface area contributed by atoms with Crippen LogP contribution in [0.25, 0.3) is 0 Å². The Bertz CT molecular complexity index is 256. The van der Waals surface area contributed by atoms with Crippen LogP contribution < -0.4 is 10.6 Å². The molecular formula is C10H15N3. The van der Waals surface area contributed by atoms with E-state index in [-0.39, 0.29) is 0 Å². The standard InChI is InChI=1S/C10H15N3/c1-8(13-10-6-12-7-10)9-2-4-11-5-3-9/h2-5,8,10,12-13H,6-7H2,1H3/t8-/m0/s1. The Morgan fingerprint density at radius 3 is 2.69 bits per heavy atom. The van der Waals surface area contributed by atoms with E-state index in [9.17, 15) is 0 Å². The fraction of sp³-hybridized carbons (Fsp3) is 0.500. The molecule has 1 aromatic rings. The molecule has 2 N–H and O–H groups in total. The Morgan fingerprint density at radius 1 is 1.46 bits per heavy atom. The molecular weight excluding hydrogens is 162 g/mol. The lowest BCUT2D eigenvalue weighted by atomic mass is 10.1. The molecule has 1 aliphatic heterocycles. The topological polar surface area (TPSA) is 37.0 Å². The monoisotopic (exact) mass is 177 g/mol. The number of pyridine rings is 1. The molecule has 0 aliphatic carbocycles. The van der Waals surface area contributed by atoms with Crippen LogP contribution in [-0.2, 0) is 0 Å². The molecule has 1 aromatic heterocycles. The van der Waals surface area contributed by atoms with Gasteiger partial charge in [0, 0.05) is 37.6 Å². The second-order valence-corrected chi connectivity index (χ2v) is 3.52. The van der Waals surface area contributed by atoms with Crippen LogP contribution in [0.3, 0.4) is 0 Å². The lowest BCUT2D eigenvalue weighted by Crippen LogP contribution is -2.55. The molecule has 1 saturated heterocycles. The summed E-state index contributed by atoms with van der Waals surface area (Å²) in [4.78, 5) is 4.00. The van der Waals surface area contributed by atoms with Crippen LogP contribution in [0.1, 0.15) is 18.5 Å². The van der Waals surface area contributed by atoms with Gasteiger partial charge in [0.25, 0.3) is 0 Å². The Balaban J connectivity index is 1.92. The van der Waals surface area contributed by atoms with E-state index < -0.39 is 0 Å². The van der Waals surface area contributed by atoms with E-state index in [2.05, 4.69) is 34.7 Å². The second-order valence-electron chi connectivity index (χ2n) is 3.52. The summed E-state index contributed by atoms with van der Waals surface area (Å²) >= 11 is 0. The summed E-state index contributed by atoms with van der Waals surface area (Å²) in [6.07, 6.45) is 3.68. The quantitative estimate of drug-likeness (QED) is 0.713. The molecule has 1 fully saturated rings. The average molecular weight is 177 g/mol. The molecule has 2 rings (SSSR count). The number of hydrogen-bond acceptors (Lipinski definition) is 3. The van der Waals surface area contributed by atoms with Gasteiger partial charge >= 0.3 is 0 Å². The van der Waals surface area contributed by atoms with Gasteiger partial charge in [-0.2, -0.15) is 0 Å². The molecule has 0 unspecified atom stereocenters. The van der Waals surface area contributed by atoms with E-state index in [1.165, 1.54) is 5.56 Å². The van der Waals surface area contributed by atoms with Crippen molar-refractivity contribution < 1.29 is 0 Å². The van der Waals surface area contributed by atoms with Crippen molar-refractivity contribution in [2.75, 3.05) is 13.1 Å². The summed E-state index contributed by atoms with van der Waals surface area (Å²) in [6, 6.07) is 5.19. The predicted octanol–water partition coefficient (Wildman–Crippen LogP) is 0.704. The first-order valence-electron chi connectivity index (χ1n) is 4.73. The fourth-order valence-electron chi connectivity index (χ4n) is 1.51. The highest BCUT2D eigenvalue weighted by Gasteiger charge is 2.18. The van der Waals surface area contributed by atoms with E-state index in [0.29, 0.717) is 12.1 Å². The highest BCUT2D eigenvalue weighted by molar-refractivity contribution is 5.14. The van der Waals surface area contributed by atoms with E-state index in [1.807, 2.05) is 12.4 Å². The van der Waals surface area contributed by atoms with E-state index in [1.54, 1.807) is 0 Å². The highest BCUT2D eigenvalue weighted by atomic mass is 15.1. The molecule has 1 atom stereocenters. The third-order valence-corrected chi connectivity index (χ3v) is 2.47. The summed E-state index contributed by atoms with van der Waals surface area (Å²) in [5.74, 6) is 0. The van der Waals surface area contributed by atoms with Crippen LogP contribution in [0.15, 0.2) is 24.5 Å². The fourth-order valence-corrected chi connectivity index (χ4v) is 1.51. The minimum Gasteiger partial charge on any atom is -0.314 e. The second kappa shape index (κ2) is 3.85. The van der Waals surface area contributed by atoms with Gasteiger partial charge in [-0.3, -0.25) is 4.98 Å². The van der Waals surface area contributed by atoms with E-state index in [0.717, 1.165) is 13.1 Å². The molecule has 0 bridgehead atoms. The van der Waals surface area contributed by atoms with Gasteiger partial charge < -0.3 is 10.6 Å². The molecule has 2 heterocycles. The molecule has 0 aromatic carbocycles. The van der Waals surface area contributed by atoms with Crippen LogP contribution in [0.5, 0.6) is 0 Å². The van der Waals surface area contributed by atoms with Crippen LogP contribution in [0.2, 0.25) is 0 Å². The van der Waals surface area contributed by atoms with Crippen LogP contribution in [-0.4, -0.2) is 24.1 Å². The predicted molar refractivity (Wildman–Crippen MR) is 52.4 cm³/mol. The molecule has 13 heavy (non-hydrogen) atoms. The maximum atomic E-state index is 4.00. The maximum Gasteiger partial charge on any atom is 0.0322 e. The summed E-state index contributed by atoms with van der Waals surface area (Å²) < 4.78 is 0. The summed E-state index contributed by atoms with van der Waals surface area (Å²) in [5, 5.41) is 6.79. The van der Waals surface area contributed by atoms with Crippen molar-refractivity contribution in [3.63, 3.8) is 0 Å². The Labute approximate surface area is 78.6 Å². The Morgan fingerprint density at radius 2 is 2.15 bits per heavy atom. The van der Waals surface area contributed by atoms with Gasteiger partial charge in [-0.05, 0) is 24.6 Å². The molecule has 0 radical (unpaired) electrons. The zero-order chi connectivity index (χ0) is 9.10. The third-order valence-electron chi connectivity index (χ3n) is 2.47. The van der Waals surface area contributed by atoms with Gasteiger partial charge in [-0.1, -0.05) is 0 Å². The Kier molecular flexibility index (Phi) is 2.57. The number of rotatable bonds is 3. The zero-order valence-electron chi connectivity index (χ0n) is 7.83. The van der Waals surface area contributed by atoms with Crippen LogP contribution in [0, 0.1) is 0 Å². The first-order chi connectivity index (χ1) is 6.36. The van der Waals surface area contributed by atoms with Gasteiger partial charge in [0.1, 0.15) is 0 Å². The number of aromatic nitrogens is 1. The Hall–Kier alpha value is -0.930. The van der Waals surface area contributed by atoms with Gasteiger partial charge in [-0.15, -0.1) is 0 Å². The molecule has 3 heteroatoms. The van der Waals surface area contributed by atoms with E-state index >= 15 is 0 Å². The first kappa shape index (κ1) is 8.66. The SMILES string of the molecule is C[C@H](NC1CNC1)c1ccncc1. The number of nitrogens with zero attached hydrogens (tertiary/aromatic N) is 1. The largest absolute Gasteiger partial charge is 0.314 e. The van der Waals surface area contributed by atoms with Gasteiger partial charge in [-0.25, -0.2) is 0 Å². The van der Waals surface area contributed by atoms with Crippen molar-refractivity contribution in [2.24, 2.45) is 0 Å². The van der Waals surface area contributed by atoms with Crippen molar-refractivity contribution in [1.82, 2.24) is 15.6 Å². The lowest BCUT2D eigenvalue weighted by Gasteiger charge is -2.31. The van der Waals surface area contributed by atoms with Crippen molar-refractivity contribution in [1.29, 1.82) is 0 Å². The minimum atomic E-state index is 0.426. The summed E-state index contributed by atoms with van der Waals surface area (Å²) in [7, 11) is 0. The summed E-state index contributed by atoms with van der Waals surface area (Å²) in [5.41, 5.74) is 1.31. The van der Waals surface area contributed by atoms with Crippen molar-refractivity contribution in [2.45, 2.75) is 19.0 Å². The first-order valence-corrected chi connectivity index (χ1v) is 4.73. The van der Waals surface area contributed by atoms with Gasteiger partial charge in [0.2, 0.25) is 0 Å². The molecule has 0 spiro atoms. The van der Waals surface area contributed by atoms with Crippen LogP contribution >= 0.6 is 0 Å². The number of hydrogen-bond donors (Lipinski definition) is 2. The van der Waals surface area contributed by atoms with Crippen molar-refractivity contribution >= 4 is 0 Å². The normalized spacial score (nSPS) is 19.5. The maximum absolute atomic E-state index is 4.00. The molecule has 3 nitrogen and oxygen atoms in total. The molecule has 0 saturated carbocycles. The average Bonchev–Trinajstić information content (AvgIpc) is 2.12. The molecule has 0 amide bonds. The summed E-state index contributed by atoms with van der Waals surface area (Å²) in [6.45, 7) is 4.37. The lowest BCUT2D eigenvalue weighted by molar-refractivity contribution is 0.338. The van der Waals surface area contributed by atoms with Gasteiger partial charge in [0.05, 0.1) is 0 Å². The zero-order valence-corrected chi connectivity index (χ0v) is 7.83. The van der Waals surface area contributed by atoms with Crippen LogP contribution in [0.4, 0.5) is 0 Å². The minimum absolute atomic E-state index is 0.426. The van der Waals surface area contributed by atoms with Gasteiger partial charge in [0.15, 0.2) is 0 Å². The third kappa shape index (κ3) is 2.05. The molecule has 70 valence electrons. The smallest absolute Gasteiger partial charge is 0.0322 e. The van der Waals surface area contributed by atoms with Crippen molar-refractivity contribution in [3.05, 3.63) is 30.1 Å². The number of nitrogens with one attached hydrogen (secondary N) is 2. The molecule has 1 aliphatic rings.